The van der Waals surface area contributed by atoms with Gasteiger partial charge in [-0.25, -0.2) is 0 Å². The van der Waals surface area contributed by atoms with Crippen LogP contribution in [-0.4, -0.2) is 42.9 Å². The number of para-hydroxylation sites is 1. The molecule has 2 amide bonds. The highest BCUT2D eigenvalue weighted by atomic mass is 16.2. The molecule has 2 aromatic carbocycles. The van der Waals surface area contributed by atoms with Crippen molar-refractivity contribution in [3.05, 3.63) is 65.7 Å². The van der Waals surface area contributed by atoms with E-state index in [1.165, 1.54) is 5.56 Å². The van der Waals surface area contributed by atoms with Gasteiger partial charge in [-0.05, 0) is 37.2 Å². The minimum Gasteiger partial charge on any atom is -0.354 e. The van der Waals surface area contributed by atoms with Gasteiger partial charge in [0.2, 0.25) is 11.8 Å². The number of fused-ring (bicyclic) bond motifs is 1. The first-order valence-corrected chi connectivity index (χ1v) is 10.00. The molecule has 0 saturated heterocycles. The molecular formula is C23H29N3O2. The number of carbonyl (C=O) groups excluding carboxylic acids is 2. The van der Waals surface area contributed by atoms with Crippen LogP contribution in [0.4, 0.5) is 5.69 Å². The molecule has 0 saturated carbocycles. The topological polar surface area (TPSA) is 52.7 Å². The Hall–Kier alpha value is -2.66. The molecule has 0 aromatic heterocycles. The number of hydrogen-bond acceptors (Lipinski definition) is 3. The van der Waals surface area contributed by atoms with Gasteiger partial charge in [0.15, 0.2) is 0 Å². The molecule has 3 rings (SSSR count). The Morgan fingerprint density at radius 2 is 1.82 bits per heavy atom. The molecule has 0 unspecified atom stereocenters. The number of carbonyl (C=O) groups is 2. The van der Waals surface area contributed by atoms with Crippen LogP contribution >= 0.6 is 0 Å². The number of nitrogens with zero attached hydrogens (tertiary/aromatic N) is 2. The van der Waals surface area contributed by atoms with Crippen LogP contribution in [0.15, 0.2) is 54.6 Å². The summed E-state index contributed by atoms with van der Waals surface area (Å²) in [4.78, 5) is 29.1. The maximum absolute atomic E-state index is 12.8. The fourth-order valence-corrected chi connectivity index (χ4v) is 3.73. The van der Waals surface area contributed by atoms with Gasteiger partial charge in [0.05, 0.1) is 0 Å². The van der Waals surface area contributed by atoms with Gasteiger partial charge in [-0.1, -0.05) is 55.5 Å². The van der Waals surface area contributed by atoms with Gasteiger partial charge in [-0.2, -0.15) is 0 Å². The number of rotatable bonds is 8. The summed E-state index contributed by atoms with van der Waals surface area (Å²) in [6.07, 6.45) is 1.85. The van der Waals surface area contributed by atoms with E-state index >= 15 is 0 Å². The first-order chi connectivity index (χ1) is 13.6. The van der Waals surface area contributed by atoms with E-state index in [-0.39, 0.29) is 11.8 Å². The summed E-state index contributed by atoms with van der Waals surface area (Å²) in [5, 5.41) is 3.03. The predicted molar refractivity (Wildman–Crippen MR) is 112 cm³/mol. The molecule has 1 atom stereocenters. The van der Waals surface area contributed by atoms with Crippen molar-refractivity contribution in [1.29, 1.82) is 0 Å². The predicted octanol–water partition coefficient (Wildman–Crippen LogP) is 2.99. The minimum atomic E-state index is -0.438. The second kappa shape index (κ2) is 9.51. The summed E-state index contributed by atoms with van der Waals surface area (Å²) in [7, 11) is 2.09. The van der Waals surface area contributed by atoms with Gasteiger partial charge in [-0.3, -0.25) is 14.5 Å². The molecular weight excluding hydrogens is 350 g/mol. The maximum Gasteiger partial charge on any atom is 0.243 e. The Labute approximate surface area is 167 Å². The Morgan fingerprint density at radius 3 is 2.57 bits per heavy atom. The van der Waals surface area contributed by atoms with Crippen LogP contribution in [0.25, 0.3) is 0 Å². The van der Waals surface area contributed by atoms with Crippen LogP contribution in [0.1, 0.15) is 30.9 Å². The van der Waals surface area contributed by atoms with Crippen molar-refractivity contribution in [2.75, 3.05) is 25.0 Å². The summed E-state index contributed by atoms with van der Waals surface area (Å²) in [5.74, 6) is -0.0728. The van der Waals surface area contributed by atoms with Crippen LogP contribution in [0.2, 0.25) is 0 Å². The molecule has 1 N–H and O–H groups in total. The van der Waals surface area contributed by atoms with Crippen molar-refractivity contribution in [2.24, 2.45) is 0 Å². The third kappa shape index (κ3) is 4.78. The molecule has 2 aromatic rings. The number of benzene rings is 2. The van der Waals surface area contributed by atoms with Crippen LogP contribution in [0.5, 0.6) is 0 Å². The lowest BCUT2D eigenvalue weighted by molar-refractivity contribution is -0.126. The number of anilines is 1. The molecule has 0 radical (unpaired) electrons. The van der Waals surface area contributed by atoms with Gasteiger partial charge in [0.25, 0.3) is 0 Å². The Morgan fingerprint density at radius 1 is 1.11 bits per heavy atom. The zero-order chi connectivity index (χ0) is 19.9. The molecule has 1 aliphatic heterocycles. The van der Waals surface area contributed by atoms with E-state index in [4.69, 9.17) is 0 Å². The second-order valence-electron chi connectivity index (χ2n) is 7.33. The number of amides is 2. The second-order valence-corrected chi connectivity index (χ2v) is 7.33. The standard InChI is InChI=1S/C23H29N3O2/c1-3-22(27)26-20-13-8-7-12-19(20)16-21(26)23(28)24-14-9-15-25(2)17-18-10-5-4-6-11-18/h4-8,10-13,21H,3,9,14-17H2,1-2H3,(H,24,28)/t21-/m1/s1. The van der Waals surface area contributed by atoms with Gasteiger partial charge in [0, 0.05) is 31.6 Å². The van der Waals surface area contributed by atoms with Crippen molar-refractivity contribution < 1.29 is 9.59 Å². The van der Waals surface area contributed by atoms with E-state index in [1.54, 1.807) is 4.90 Å². The van der Waals surface area contributed by atoms with Crippen LogP contribution in [0.3, 0.4) is 0 Å². The lowest BCUT2D eigenvalue weighted by atomic mass is 10.1. The molecule has 1 heterocycles. The average Bonchev–Trinajstić information content (AvgIpc) is 3.11. The van der Waals surface area contributed by atoms with E-state index in [0.29, 0.717) is 19.4 Å². The third-order valence-corrected chi connectivity index (χ3v) is 5.16. The van der Waals surface area contributed by atoms with Crippen molar-refractivity contribution in [3.63, 3.8) is 0 Å². The van der Waals surface area contributed by atoms with Gasteiger partial charge >= 0.3 is 0 Å². The zero-order valence-corrected chi connectivity index (χ0v) is 16.7. The Kier molecular flexibility index (Phi) is 6.82. The van der Waals surface area contributed by atoms with Gasteiger partial charge < -0.3 is 10.2 Å². The molecule has 0 aliphatic carbocycles. The summed E-state index contributed by atoms with van der Waals surface area (Å²) in [6, 6.07) is 17.7. The first-order valence-electron chi connectivity index (χ1n) is 10.00. The van der Waals surface area contributed by atoms with Crippen molar-refractivity contribution in [2.45, 2.75) is 38.8 Å². The van der Waals surface area contributed by atoms with Crippen molar-refractivity contribution in [3.8, 4) is 0 Å². The zero-order valence-electron chi connectivity index (χ0n) is 16.7. The van der Waals surface area contributed by atoms with E-state index in [1.807, 2.05) is 49.4 Å². The van der Waals surface area contributed by atoms with Crippen LogP contribution in [-0.2, 0) is 22.6 Å². The van der Waals surface area contributed by atoms with E-state index < -0.39 is 6.04 Å². The normalized spacial score (nSPS) is 15.5. The smallest absolute Gasteiger partial charge is 0.243 e. The lowest BCUT2D eigenvalue weighted by Crippen LogP contribution is -2.48. The molecule has 0 fully saturated rings. The molecule has 0 bridgehead atoms. The van der Waals surface area contributed by atoms with Gasteiger partial charge in [0.1, 0.15) is 6.04 Å². The van der Waals surface area contributed by atoms with Crippen molar-refractivity contribution >= 4 is 17.5 Å². The molecule has 0 spiro atoms. The highest BCUT2D eigenvalue weighted by Crippen LogP contribution is 2.32. The fraction of sp³-hybridized carbons (Fsp3) is 0.391. The monoisotopic (exact) mass is 379 g/mol. The highest BCUT2D eigenvalue weighted by molar-refractivity contribution is 6.03. The first kappa shape index (κ1) is 20.1. The molecule has 5 nitrogen and oxygen atoms in total. The minimum absolute atomic E-state index is 0.00676. The van der Waals surface area contributed by atoms with Crippen molar-refractivity contribution in [1.82, 2.24) is 10.2 Å². The maximum atomic E-state index is 12.8. The lowest BCUT2D eigenvalue weighted by Gasteiger charge is -2.24. The quantitative estimate of drug-likeness (QED) is 0.718. The summed E-state index contributed by atoms with van der Waals surface area (Å²) < 4.78 is 0. The average molecular weight is 380 g/mol. The molecule has 148 valence electrons. The Bertz CT molecular complexity index is 807. The SMILES string of the molecule is CCC(=O)N1c2ccccc2C[C@@H]1C(=O)NCCCN(C)Cc1ccccc1. The Balaban J connectivity index is 1.48. The fourth-order valence-electron chi connectivity index (χ4n) is 3.73. The number of nitrogens with one attached hydrogen (secondary N) is 1. The molecule has 1 aliphatic rings. The number of hydrogen-bond donors (Lipinski definition) is 1. The molecule has 28 heavy (non-hydrogen) atoms. The summed E-state index contributed by atoms with van der Waals surface area (Å²) in [6.45, 7) is 4.24. The largest absolute Gasteiger partial charge is 0.354 e. The molecule has 5 heteroatoms. The highest BCUT2D eigenvalue weighted by Gasteiger charge is 2.37. The van der Waals surface area contributed by atoms with E-state index in [2.05, 4.69) is 29.4 Å². The van der Waals surface area contributed by atoms with Gasteiger partial charge in [-0.15, -0.1) is 0 Å². The third-order valence-electron chi connectivity index (χ3n) is 5.16. The van der Waals surface area contributed by atoms with E-state index in [0.717, 1.165) is 30.8 Å². The van der Waals surface area contributed by atoms with E-state index in [9.17, 15) is 9.59 Å². The summed E-state index contributed by atoms with van der Waals surface area (Å²) >= 11 is 0. The summed E-state index contributed by atoms with van der Waals surface area (Å²) in [5.41, 5.74) is 3.22. The van der Waals surface area contributed by atoms with Crippen LogP contribution in [0, 0.1) is 0 Å². The van der Waals surface area contributed by atoms with Crippen LogP contribution < -0.4 is 10.2 Å².